The molecule has 0 aliphatic carbocycles. The monoisotopic (exact) mass is 214 g/mol. The minimum absolute atomic E-state index is 0.149. The van der Waals surface area contributed by atoms with Crippen molar-refractivity contribution in [3.05, 3.63) is 12.2 Å². The topological polar surface area (TPSA) is 44.8 Å². The minimum atomic E-state index is -0.412. The van der Waals surface area contributed by atoms with Gasteiger partial charge in [-0.25, -0.2) is 4.79 Å². The third-order valence-corrected chi connectivity index (χ3v) is 2.73. The van der Waals surface area contributed by atoms with Crippen LogP contribution in [0.1, 0.15) is 13.3 Å². The Labute approximate surface area is 90.2 Å². The second kappa shape index (κ2) is 5.28. The van der Waals surface area contributed by atoms with Gasteiger partial charge >= 0.3 is 5.97 Å². The molecule has 1 rings (SSSR count). The van der Waals surface area contributed by atoms with Gasteiger partial charge in [0.2, 0.25) is 0 Å². The average molecular weight is 214 g/mol. The number of carbonyl (C=O) groups is 1. The number of hydrogen-bond donors (Lipinski definition) is 0. The SMILES string of the molecule is C=C(COCC1(CC)COC1)C(=O)OC. The molecule has 4 nitrogen and oxygen atoms in total. The molecule has 0 unspecified atom stereocenters. The molecule has 86 valence electrons. The van der Waals surface area contributed by atoms with Crippen molar-refractivity contribution >= 4 is 5.97 Å². The summed E-state index contributed by atoms with van der Waals surface area (Å²) in [4.78, 5) is 11.0. The van der Waals surface area contributed by atoms with Crippen LogP contribution in [-0.2, 0) is 19.0 Å². The molecule has 0 N–H and O–H groups in total. The van der Waals surface area contributed by atoms with Crippen molar-refractivity contribution in [2.45, 2.75) is 13.3 Å². The Bertz CT molecular complexity index is 237. The molecule has 1 fully saturated rings. The van der Waals surface area contributed by atoms with Crippen molar-refractivity contribution in [3.63, 3.8) is 0 Å². The molecule has 0 aromatic carbocycles. The second-order valence-electron chi connectivity index (χ2n) is 3.93. The summed E-state index contributed by atoms with van der Waals surface area (Å²) in [6.45, 7) is 8.03. The molecular weight excluding hydrogens is 196 g/mol. The molecule has 1 aliphatic heterocycles. The van der Waals surface area contributed by atoms with E-state index in [0.717, 1.165) is 19.6 Å². The van der Waals surface area contributed by atoms with Gasteiger partial charge in [-0.15, -0.1) is 0 Å². The summed E-state index contributed by atoms with van der Waals surface area (Å²) in [5.74, 6) is -0.412. The van der Waals surface area contributed by atoms with E-state index in [4.69, 9.17) is 9.47 Å². The standard InChI is InChI=1S/C11H18O4/c1-4-11(7-15-8-11)6-14-5-9(2)10(12)13-3/h2,4-8H2,1,3H3. The summed E-state index contributed by atoms with van der Waals surface area (Å²) >= 11 is 0. The molecule has 1 saturated heterocycles. The Kier molecular flexibility index (Phi) is 4.29. The van der Waals surface area contributed by atoms with Gasteiger partial charge in [0.15, 0.2) is 0 Å². The van der Waals surface area contributed by atoms with Crippen LogP contribution in [0.5, 0.6) is 0 Å². The van der Waals surface area contributed by atoms with Crippen molar-refractivity contribution in [3.8, 4) is 0 Å². The molecule has 0 saturated carbocycles. The lowest BCUT2D eigenvalue weighted by molar-refractivity contribution is -0.150. The van der Waals surface area contributed by atoms with Crippen molar-refractivity contribution in [1.82, 2.24) is 0 Å². The highest BCUT2D eigenvalue weighted by atomic mass is 16.5. The lowest BCUT2D eigenvalue weighted by Crippen LogP contribution is -2.45. The minimum Gasteiger partial charge on any atom is -0.466 e. The number of hydrogen-bond acceptors (Lipinski definition) is 4. The van der Waals surface area contributed by atoms with E-state index >= 15 is 0 Å². The number of rotatable bonds is 6. The molecule has 0 radical (unpaired) electrons. The number of ether oxygens (including phenoxy) is 3. The van der Waals surface area contributed by atoms with Crippen molar-refractivity contribution in [1.29, 1.82) is 0 Å². The molecule has 4 heteroatoms. The number of methoxy groups -OCH3 is 1. The second-order valence-corrected chi connectivity index (χ2v) is 3.93. The van der Waals surface area contributed by atoms with Crippen LogP contribution in [0.15, 0.2) is 12.2 Å². The summed E-state index contributed by atoms with van der Waals surface area (Å²) in [5, 5.41) is 0. The van der Waals surface area contributed by atoms with Crippen LogP contribution in [0.25, 0.3) is 0 Å². The highest BCUT2D eigenvalue weighted by Gasteiger charge is 2.37. The van der Waals surface area contributed by atoms with Crippen molar-refractivity contribution in [2.24, 2.45) is 5.41 Å². The van der Waals surface area contributed by atoms with Gasteiger partial charge in [-0.2, -0.15) is 0 Å². The number of carbonyl (C=O) groups excluding carboxylic acids is 1. The molecule has 1 aliphatic rings. The van der Waals surface area contributed by atoms with Crippen LogP contribution in [0, 0.1) is 5.41 Å². The molecule has 15 heavy (non-hydrogen) atoms. The maximum atomic E-state index is 11.0. The lowest BCUT2D eigenvalue weighted by atomic mass is 9.84. The Balaban J connectivity index is 2.21. The Hall–Kier alpha value is -0.870. The van der Waals surface area contributed by atoms with Crippen molar-refractivity contribution < 1.29 is 19.0 Å². The lowest BCUT2D eigenvalue weighted by Gasteiger charge is -2.40. The van der Waals surface area contributed by atoms with E-state index < -0.39 is 5.97 Å². The van der Waals surface area contributed by atoms with Crippen LogP contribution in [-0.4, -0.2) is 39.5 Å². The van der Waals surface area contributed by atoms with Gasteiger partial charge < -0.3 is 14.2 Å². The van der Waals surface area contributed by atoms with E-state index in [1.165, 1.54) is 7.11 Å². The fourth-order valence-corrected chi connectivity index (χ4v) is 1.37. The Morgan fingerprint density at radius 3 is 2.60 bits per heavy atom. The first-order valence-corrected chi connectivity index (χ1v) is 5.05. The molecule has 0 aromatic rings. The predicted octanol–water partition coefficient (Wildman–Crippen LogP) is 1.16. The molecule has 0 aromatic heterocycles. The molecule has 1 heterocycles. The quantitative estimate of drug-likeness (QED) is 0.491. The van der Waals surface area contributed by atoms with Gasteiger partial charge in [0.1, 0.15) is 0 Å². The fraction of sp³-hybridized carbons (Fsp3) is 0.727. The van der Waals surface area contributed by atoms with Gasteiger partial charge in [-0.3, -0.25) is 0 Å². The normalized spacial score (nSPS) is 18.0. The molecule has 0 spiro atoms. The maximum Gasteiger partial charge on any atom is 0.335 e. The highest BCUT2D eigenvalue weighted by molar-refractivity contribution is 5.87. The summed E-state index contributed by atoms with van der Waals surface area (Å²) < 4.78 is 15.1. The fourth-order valence-electron chi connectivity index (χ4n) is 1.37. The van der Waals surface area contributed by atoms with E-state index in [1.54, 1.807) is 0 Å². The third kappa shape index (κ3) is 3.04. The zero-order chi connectivity index (χ0) is 11.3. The van der Waals surface area contributed by atoms with Crippen LogP contribution < -0.4 is 0 Å². The number of esters is 1. The molecule has 0 bridgehead atoms. The zero-order valence-electron chi connectivity index (χ0n) is 9.38. The van der Waals surface area contributed by atoms with Crippen LogP contribution in [0.3, 0.4) is 0 Å². The maximum absolute atomic E-state index is 11.0. The third-order valence-electron chi connectivity index (χ3n) is 2.73. The van der Waals surface area contributed by atoms with E-state index in [9.17, 15) is 4.79 Å². The predicted molar refractivity (Wildman–Crippen MR) is 55.5 cm³/mol. The Morgan fingerprint density at radius 1 is 1.53 bits per heavy atom. The smallest absolute Gasteiger partial charge is 0.335 e. The van der Waals surface area contributed by atoms with Gasteiger partial charge in [0, 0.05) is 5.41 Å². The zero-order valence-corrected chi connectivity index (χ0v) is 9.38. The summed E-state index contributed by atoms with van der Waals surface area (Å²) in [6, 6.07) is 0. The highest BCUT2D eigenvalue weighted by Crippen LogP contribution is 2.31. The summed E-state index contributed by atoms with van der Waals surface area (Å²) in [5.41, 5.74) is 0.500. The first kappa shape index (κ1) is 12.2. The molecular formula is C11H18O4. The summed E-state index contributed by atoms with van der Waals surface area (Å²) in [7, 11) is 1.33. The van der Waals surface area contributed by atoms with E-state index in [-0.39, 0.29) is 12.0 Å². The van der Waals surface area contributed by atoms with E-state index in [2.05, 4.69) is 18.2 Å². The van der Waals surface area contributed by atoms with Gasteiger partial charge in [0.05, 0.1) is 39.1 Å². The van der Waals surface area contributed by atoms with Gasteiger partial charge in [-0.05, 0) is 6.42 Å². The van der Waals surface area contributed by atoms with Gasteiger partial charge in [-0.1, -0.05) is 13.5 Å². The summed E-state index contributed by atoms with van der Waals surface area (Å²) in [6.07, 6.45) is 1.03. The Morgan fingerprint density at radius 2 is 2.20 bits per heavy atom. The van der Waals surface area contributed by atoms with Crippen LogP contribution in [0.2, 0.25) is 0 Å². The molecule has 0 atom stereocenters. The van der Waals surface area contributed by atoms with E-state index in [1.807, 2.05) is 0 Å². The first-order chi connectivity index (χ1) is 7.13. The van der Waals surface area contributed by atoms with Crippen LogP contribution >= 0.6 is 0 Å². The largest absolute Gasteiger partial charge is 0.466 e. The van der Waals surface area contributed by atoms with E-state index in [0.29, 0.717) is 12.2 Å². The van der Waals surface area contributed by atoms with Gasteiger partial charge in [0.25, 0.3) is 0 Å². The van der Waals surface area contributed by atoms with Crippen molar-refractivity contribution in [2.75, 3.05) is 33.5 Å². The first-order valence-electron chi connectivity index (χ1n) is 5.05. The molecule has 0 amide bonds. The average Bonchev–Trinajstić information content (AvgIpc) is 2.20. The van der Waals surface area contributed by atoms with Crippen LogP contribution in [0.4, 0.5) is 0 Å².